The smallest absolute Gasteiger partial charge is 0.00944 e. The lowest BCUT2D eigenvalue weighted by atomic mass is 10.2. The van der Waals surface area contributed by atoms with E-state index in [1.807, 2.05) is 43.2 Å². The van der Waals surface area contributed by atoms with Crippen molar-refractivity contribution in [2.45, 2.75) is 63.9 Å². The molecule has 0 bridgehead atoms. The van der Waals surface area contributed by atoms with Gasteiger partial charge in [-0.25, -0.2) is 0 Å². The van der Waals surface area contributed by atoms with Crippen molar-refractivity contribution in [3.63, 3.8) is 0 Å². The molecule has 4 heteroatoms. The van der Waals surface area contributed by atoms with Gasteiger partial charge in [-0.1, -0.05) is 83.7 Å². The predicted octanol–water partition coefficient (Wildman–Crippen LogP) is 6.13. The first kappa shape index (κ1) is 17.4. The lowest BCUT2D eigenvalue weighted by Crippen LogP contribution is -1.86. The Hall–Kier alpha value is 1.40. The Bertz CT molecular complexity index is 121. The first-order valence-electron chi connectivity index (χ1n) is 6.19. The second-order valence-electron chi connectivity index (χ2n) is 4.35. The first-order valence-corrected chi connectivity index (χ1v) is 11.0. The molecule has 0 aliphatic heterocycles. The summed E-state index contributed by atoms with van der Waals surface area (Å²) in [5.74, 6) is 2.66. The van der Waals surface area contributed by atoms with Crippen LogP contribution in [-0.2, 0) is 0 Å². The lowest BCUT2D eigenvalue weighted by molar-refractivity contribution is 0.712. The molecule has 0 aromatic heterocycles. The maximum Gasteiger partial charge on any atom is 0.00944 e. The second kappa shape index (κ2) is 12.8. The number of hydrogen-bond donors (Lipinski definition) is 0. The minimum absolute atomic E-state index is 0.773. The molecule has 0 nitrogen and oxygen atoms in total. The van der Waals surface area contributed by atoms with Gasteiger partial charge in [0.1, 0.15) is 0 Å². The van der Waals surface area contributed by atoms with E-state index in [0.717, 1.165) is 10.5 Å². The van der Waals surface area contributed by atoms with Gasteiger partial charge in [0.15, 0.2) is 0 Å². The zero-order chi connectivity index (χ0) is 12.2. The fraction of sp³-hybridized carbons (Fsp3) is 1.00. The third-order valence-corrected chi connectivity index (χ3v) is 7.80. The quantitative estimate of drug-likeness (QED) is 0.332. The second-order valence-corrected chi connectivity index (χ2v) is 10.5. The Morgan fingerprint density at radius 2 is 1.00 bits per heavy atom. The average molecular weight is 299 g/mol. The van der Waals surface area contributed by atoms with Gasteiger partial charge in [0, 0.05) is 22.0 Å². The van der Waals surface area contributed by atoms with Crippen LogP contribution in [0.15, 0.2) is 0 Å². The summed E-state index contributed by atoms with van der Waals surface area (Å²) in [6.45, 7) is 9.06. The van der Waals surface area contributed by atoms with Crippen molar-refractivity contribution in [3.8, 4) is 0 Å². The van der Waals surface area contributed by atoms with Gasteiger partial charge in [-0.3, -0.25) is 0 Å². The van der Waals surface area contributed by atoms with Crippen molar-refractivity contribution < 1.29 is 0 Å². The Morgan fingerprint density at radius 3 is 1.31 bits per heavy atom. The van der Waals surface area contributed by atoms with E-state index in [2.05, 4.69) is 27.7 Å². The van der Waals surface area contributed by atoms with E-state index in [4.69, 9.17) is 0 Å². The molecular weight excluding hydrogens is 272 g/mol. The number of unbranched alkanes of at least 4 members (excludes halogenated alkanes) is 3. The standard InChI is InChI=1S/C12H26S4/c1-11(2)15-13-9-7-5-6-8-10-14-16-12(3)4/h11-12H,5-10H2,1-4H3. The summed E-state index contributed by atoms with van der Waals surface area (Å²) in [6, 6.07) is 0. The summed E-state index contributed by atoms with van der Waals surface area (Å²) in [5, 5.41) is 1.55. The average Bonchev–Trinajstić information content (AvgIpc) is 2.20. The molecule has 0 heterocycles. The van der Waals surface area contributed by atoms with E-state index >= 15 is 0 Å². The molecule has 98 valence electrons. The van der Waals surface area contributed by atoms with Crippen molar-refractivity contribution in [3.05, 3.63) is 0 Å². The molecule has 0 atom stereocenters. The molecule has 0 N–H and O–H groups in total. The van der Waals surface area contributed by atoms with Gasteiger partial charge < -0.3 is 0 Å². The molecule has 0 saturated heterocycles. The van der Waals surface area contributed by atoms with E-state index in [0.29, 0.717) is 0 Å². The molecule has 0 amide bonds. The third kappa shape index (κ3) is 15.4. The Balaban J connectivity index is 2.93. The zero-order valence-corrected chi connectivity index (χ0v) is 14.3. The Morgan fingerprint density at radius 1 is 0.625 bits per heavy atom. The van der Waals surface area contributed by atoms with Crippen molar-refractivity contribution >= 4 is 43.2 Å². The highest BCUT2D eigenvalue weighted by atomic mass is 33.1. The summed E-state index contributed by atoms with van der Waals surface area (Å²) in [4.78, 5) is 0. The molecule has 0 fully saturated rings. The maximum atomic E-state index is 2.27. The fourth-order valence-electron chi connectivity index (χ4n) is 1.04. The Kier molecular flexibility index (Phi) is 14.0. The van der Waals surface area contributed by atoms with E-state index in [9.17, 15) is 0 Å². The topological polar surface area (TPSA) is 0 Å². The molecule has 16 heavy (non-hydrogen) atoms. The van der Waals surface area contributed by atoms with Crippen LogP contribution in [0.1, 0.15) is 53.4 Å². The highest BCUT2D eigenvalue weighted by Crippen LogP contribution is 2.28. The van der Waals surface area contributed by atoms with Gasteiger partial charge in [-0.2, -0.15) is 0 Å². The van der Waals surface area contributed by atoms with Crippen molar-refractivity contribution in [2.24, 2.45) is 0 Å². The highest BCUT2D eigenvalue weighted by molar-refractivity contribution is 8.77. The van der Waals surface area contributed by atoms with Crippen LogP contribution in [0, 0.1) is 0 Å². The van der Waals surface area contributed by atoms with Gasteiger partial charge in [0.05, 0.1) is 0 Å². The molecular formula is C12H26S4. The van der Waals surface area contributed by atoms with Crippen LogP contribution in [0.5, 0.6) is 0 Å². The normalized spacial score (nSPS) is 11.6. The van der Waals surface area contributed by atoms with Gasteiger partial charge in [-0.15, -0.1) is 0 Å². The zero-order valence-electron chi connectivity index (χ0n) is 11.0. The van der Waals surface area contributed by atoms with E-state index in [1.165, 1.54) is 37.2 Å². The summed E-state index contributed by atoms with van der Waals surface area (Å²) in [5.41, 5.74) is 0. The minimum atomic E-state index is 0.773. The lowest BCUT2D eigenvalue weighted by Gasteiger charge is -2.04. The molecule has 0 spiro atoms. The highest BCUT2D eigenvalue weighted by Gasteiger charge is 1.97. The molecule has 0 rings (SSSR count). The predicted molar refractivity (Wildman–Crippen MR) is 88.8 cm³/mol. The van der Waals surface area contributed by atoms with Gasteiger partial charge in [0.2, 0.25) is 0 Å². The molecule has 0 unspecified atom stereocenters. The molecule has 0 aromatic carbocycles. The van der Waals surface area contributed by atoms with E-state index < -0.39 is 0 Å². The van der Waals surface area contributed by atoms with Crippen LogP contribution in [0.2, 0.25) is 0 Å². The fourth-order valence-corrected chi connectivity index (χ4v) is 5.34. The van der Waals surface area contributed by atoms with Crippen LogP contribution in [0.25, 0.3) is 0 Å². The summed E-state index contributed by atoms with van der Waals surface area (Å²) in [7, 11) is 8.11. The minimum Gasteiger partial charge on any atom is -0.0939 e. The largest absolute Gasteiger partial charge is 0.0939 e. The number of hydrogen-bond acceptors (Lipinski definition) is 4. The molecule has 0 aliphatic rings. The monoisotopic (exact) mass is 298 g/mol. The molecule has 0 saturated carbocycles. The van der Waals surface area contributed by atoms with E-state index in [1.54, 1.807) is 0 Å². The van der Waals surface area contributed by atoms with Crippen LogP contribution < -0.4 is 0 Å². The molecule has 0 aliphatic carbocycles. The van der Waals surface area contributed by atoms with Crippen LogP contribution in [0.4, 0.5) is 0 Å². The SMILES string of the molecule is CC(C)SSCCCCCCSSC(C)C. The summed E-state index contributed by atoms with van der Waals surface area (Å²) in [6.07, 6.45) is 5.62. The molecule has 0 radical (unpaired) electrons. The van der Waals surface area contributed by atoms with Gasteiger partial charge >= 0.3 is 0 Å². The van der Waals surface area contributed by atoms with Crippen molar-refractivity contribution in [2.75, 3.05) is 11.5 Å². The Labute approximate surface area is 118 Å². The van der Waals surface area contributed by atoms with E-state index in [-0.39, 0.29) is 0 Å². The summed E-state index contributed by atoms with van der Waals surface area (Å²) >= 11 is 0. The third-order valence-electron chi connectivity index (χ3n) is 1.73. The number of rotatable bonds is 11. The van der Waals surface area contributed by atoms with Crippen LogP contribution >= 0.6 is 43.2 Å². The first-order chi connectivity index (χ1) is 7.63. The molecule has 0 aromatic rings. The van der Waals surface area contributed by atoms with Crippen molar-refractivity contribution in [1.29, 1.82) is 0 Å². The maximum absolute atomic E-state index is 2.27. The van der Waals surface area contributed by atoms with Crippen molar-refractivity contribution in [1.82, 2.24) is 0 Å². The van der Waals surface area contributed by atoms with Crippen LogP contribution in [0.3, 0.4) is 0 Å². The van der Waals surface area contributed by atoms with Gasteiger partial charge in [-0.05, 0) is 12.8 Å². The van der Waals surface area contributed by atoms with Crippen LogP contribution in [-0.4, -0.2) is 22.0 Å². The summed E-state index contributed by atoms with van der Waals surface area (Å²) < 4.78 is 0. The van der Waals surface area contributed by atoms with Gasteiger partial charge in [0.25, 0.3) is 0 Å².